The summed E-state index contributed by atoms with van der Waals surface area (Å²) in [6.07, 6.45) is 1.91. The third-order valence-corrected chi connectivity index (χ3v) is 7.43. The lowest BCUT2D eigenvalue weighted by atomic mass is 10.0. The van der Waals surface area contributed by atoms with Crippen LogP contribution in [0.2, 0.25) is 0 Å². The number of amides is 3. The molecular formula is C28H33N3O4. The van der Waals surface area contributed by atoms with E-state index in [1.54, 1.807) is 11.0 Å². The lowest BCUT2D eigenvalue weighted by molar-refractivity contribution is -0.143. The molecule has 2 aromatic carbocycles. The van der Waals surface area contributed by atoms with E-state index >= 15 is 0 Å². The highest BCUT2D eigenvalue weighted by molar-refractivity contribution is 6.01. The molecule has 35 heavy (non-hydrogen) atoms. The summed E-state index contributed by atoms with van der Waals surface area (Å²) in [5.74, 6) is -0.191. The number of likely N-dealkylation sites (tertiary alicyclic amines) is 1. The van der Waals surface area contributed by atoms with Crippen LogP contribution >= 0.6 is 0 Å². The van der Waals surface area contributed by atoms with Crippen molar-refractivity contribution >= 4 is 17.7 Å². The van der Waals surface area contributed by atoms with Crippen LogP contribution in [-0.2, 0) is 22.7 Å². The molecule has 1 aliphatic carbocycles. The highest BCUT2D eigenvalue weighted by atomic mass is 16.3. The minimum absolute atomic E-state index is 0.0885. The Kier molecular flexibility index (Phi) is 6.36. The molecule has 3 aliphatic rings. The van der Waals surface area contributed by atoms with Gasteiger partial charge in [0.15, 0.2) is 0 Å². The van der Waals surface area contributed by atoms with Crippen LogP contribution in [0.5, 0.6) is 0 Å². The zero-order valence-corrected chi connectivity index (χ0v) is 20.3. The fourth-order valence-electron chi connectivity index (χ4n) is 5.39. The van der Waals surface area contributed by atoms with Gasteiger partial charge in [0, 0.05) is 31.6 Å². The third kappa shape index (κ3) is 4.69. The van der Waals surface area contributed by atoms with Crippen molar-refractivity contribution in [3.8, 4) is 0 Å². The number of β-amino-alcohol motifs (C(OH)–C–C–N with tert-alkyl or cyclic N) is 1. The van der Waals surface area contributed by atoms with Crippen molar-refractivity contribution in [2.45, 2.75) is 70.3 Å². The summed E-state index contributed by atoms with van der Waals surface area (Å²) >= 11 is 0. The fraction of sp³-hybridized carbons (Fsp3) is 0.464. The summed E-state index contributed by atoms with van der Waals surface area (Å²) in [4.78, 5) is 43.1. The first-order valence-electron chi connectivity index (χ1n) is 12.6. The van der Waals surface area contributed by atoms with Gasteiger partial charge in [-0.1, -0.05) is 56.3 Å². The molecule has 0 spiro atoms. The normalized spacial score (nSPS) is 22.5. The summed E-state index contributed by atoms with van der Waals surface area (Å²) in [5.41, 5.74) is 3.86. The maximum atomic E-state index is 13.8. The Morgan fingerprint density at radius 1 is 1.09 bits per heavy atom. The number of nitrogens with zero attached hydrogens (tertiary/aromatic N) is 2. The van der Waals surface area contributed by atoms with E-state index in [1.165, 1.54) is 23.3 Å². The van der Waals surface area contributed by atoms with Crippen LogP contribution in [0.1, 0.15) is 66.1 Å². The van der Waals surface area contributed by atoms with Gasteiger partial charge < -0.3 is 20.2 Å². The van der Waals surface area contributed by atoms with Crippen molar-refractivity contribution < 1.29 is 19.5 Å². The predicted octanol–water partition coefficient (Wildman–Crippen LogP) is 2.82. The lowest BCUT2D eigenvalue weighted by Gasteiger charge is -2.35. The van der Waals surface area contributed by atoms with Crippen LogP contribution in [0.3, 0.4) is 0 Å². The Bertz CT molecular complexity index is 1130. The SMILES string of the molecule is CC(C)[C@@H](C(=O)N1CC(O)CC1C(=O)NCc1ccc(C2CC2)cc1)N1Cc2ccccc2C1=O. The first kappa shape index (κ1) is 23.5. The number of fused-ring (bicyclic) bond motifs is 1. The number of nitrogens with one attached hydrogen (secondary N) is 1. The zero-order chi connectivity index (χ0) is 24.7. The number of aliphatic hydroxyl groups is 1. The van der Waals surface area contributed by atoms with E-state index < -0.39 is 18.2 Å². The Labute approximate surface area is 206 Å². The summed E-state index contributed by atoms with van der Waals surface area (Å²) < 4.78 is 0. The first-order chi connectivity index (χ1) is 16.8. The van der Waals surface area contributed by atoms with Gasteiger partial charge >= 0.3 is 0 Å². The molecule has 2 fully saturated rings. The minimum Gasteiger partial charge on any atom is -0.391 e. The van der Waals surface area contributed by atoms with E-state index in [0.29, 0.717) is 24.6 Å². The number of rotatable bonds is 7. The van der Waals surface area contributed by atoms with Crippen molar-refractivity contribution in [3.63, 3.8) is 0 Å². The zero-order valence-electron chi connectivity index (χ0n) is 20.3. The quantitative estimate of drug-likeness (QED) is 0.645. The molecule has 2 aliphatic heterocycles. The van der Waals surface area contributed by atoms with E-state index in [1.807, 2.05) is 44.2 Å². The van der Waals surface area contributed by atoms with Crippen molar-refractivity contribution in [2.75, 3.05) is 6.54 Å². The molecule has 1 saturated heterocycles. The van der Waals surface area contributed by atoms with Gasteiger partial charge in [0.25, 0.3) is 5.91 Å². The van der Waals surface area contributed by atoms with Crippen LogP contribution in [0, 0.1) is 5.92 Å². The summed E-state index contributed by atoms with van der Waals surface area (Å²) in [5, 5.41) is 13.3. The molecule has 2 N–H and O–H groups in total. The number of hydrogen-bond acceptors (Lipinski definition) is 4. The number of benzene rings is 2. The molecule has 2 aromatic rings. The van der Waals surface area contributed by atoms with Gasteiger partial charge in [-0.2, -0.15) is 0 Å². The number of carbonyl (C=O) groups excluding carboxylic acids is 3. The molecule has 1 saturated carbocycles. The molecule has 0 radical (unpaired) electrons. The van der Waals surface area contributed by atoms with Crippen molar-refractivity contribution in [1.29, 1.82) is 0 Å². The van der Waals surface area contributed by atoms with E-state index in [0.717, 1.165) is 11.1 Å². The van der Waals surface area contributed by atoms with Gasteiger partial charge in [0.2, 0.25) is 11.8 Å². The van der Waals surface area contributed by atoms with Gasteiger partial charge in [-0.25, -0.2) is 0 Å². The van der Waals surface area contributed by atoms with E-state index in [2.05, 4.69) is 17.4 Å². The summed E-state index contributed by atoms with van der Waals surface area (Å²) in [7, 11) is 0. The Morgan fingerprint density at radius 3 is 2.46 bits per heavy atom. The Balaban J connectivity index is 1.28. The molecule has 5 rings (SSSR count). The topological polar surface area (TPSA) is 89.9 Å². The average molecular weight is 476 g/mol. The minimum atomic E-state index is -0.771. The van der Waals surface area contributed by atoms with Crippen LogP contribution in [-0.4, -0.2) is 57.4 Å². The van der Waals surface area contributed by atoms with Crippen LogP contribution in [0.4, 0.5) is 0 Å². The second kappa shape index (κ2) is 9.46. The molecule has 3 amide bonds. The fourth-order valence-corrected chi connectivity index (χ4v) is 5.39. The number of aliphatic hydroxyl groups excluding tert-OH is 1. The largest absolute Gasteiger partial charge is 0.391 e. The monoisotopic (exact) mass is 475 g/mol. The molecule has 184 valence electrons. The maximum absolute atomic E-state index is 13.8. The maximum Gasteiger partial charge on any atom is 0.255 e. The molecule has 2 unspecified atom stereocenters. The molecule has 2 heterocycles. The van der Waals surface area contributed by atoms with Crippen molar-refractivity contribution in [3.05, 3.63) is 70.8 Å². The van der Waals surface area contributed by atoms with E-state index in [-0.39, 0.29) is 36.6 Å². The van der Waals surface area contributed by atoms with Crippen LogP contribution < -0.4 is 5.32 Å². The highest BCUT2D eigenvalue weighted by Crippen LogP contribution is 2.39. The smallest absolute Gasteiger partial charge is 0.255 e. The second-order valence-electron chi connectivity index (χ2n) is 10.4. The molecule has 0 aromatic heterocycles. The van der Waals surface area contributed by atoms with Crippen molar-refractivity contribution in [1.82, 2.24) is 15.1 Å². The summed E-state index contributed by atoms with van der Waals surface area (Å²) in [6, 6.07) is 14.2. The van der Waals surface area contributed by atoms with Gasteiger partial charge in [-0.3, -0.25) is 14.4 Å². The Hall–Kier alpha value is -3.19. The third-order valence-electron chi connectivity index (χ3n) is 7.43. The first-order valence-corrected chi connectivity index (χ1v) is 12.6. The standard InChI is InChI=1S/C28H33N3O4/c1-17(2)25(31-15-21-5-3-4-6-23(21)27(31)34)28(35)30-16-22(32)13-24(30)26(33)29-14-18-7-9-19(10-8-18)20-11-12-20/h3-10,17,20,22,24-25,32H,11-16H2,1-2H3,(H,29,33)/t22?,24?,25-/m0/s1. The lowest BCUT2D eigenvalue weighted by Crippen LogP contribution is -2.55. The van der Waals surface area contributed by atoms with Crippen LogP contribution in [0.15, 0.2) is 48.5 Å². The van der Waals surface area contributed by atoms with Crippen molar-refractivity contribution in [2.24, 2.45) is 5.92 Å². The van der Waals surface area contributed by atoms with Gasteiger partial charge in [0.05, 0.1) is 6.10 Å². The van der Waals surface area contributed by atoms with Gasteiger partial charge in [-0.05, 0) is 47.4 Å². The van der Waals surface area contributed by atoms with Gasteiger partial charge in [-0.15, -0.1) is 0 Å². The van der Waals surface area contributed by atoms with E-state index in [9.17, 15) is 19.5 Å². The molecular weight excluding hydrogens is 442 g/mol. The van der Waals surface area contributed by atoms with Crippen LogP contribution in [0.25, 0.3) is 0 Å². The van der Waals surface area contributed by atoms with E-state index in [4.69, 9.17) is 0 Å². The molecule has 7 heteroatoms. The molecule has 0 bridgehead atoms. The molecule has 7 nitrogen and oxygen atoms in total. The number of carbonyl (C=O) groups is 3. The summed E-state index contributed by atoms with van der Waals surface area (Å²) in [6.45, 7) is 4.64. The predicted molar refractivity (Wildman–Crippen MR) is 131 cm³/mol. The average Bonchev–Trinajstić information content (AvgIpc) is 3.55. The number of hydrogen-bond donors (Lipinski definition) is 2. The second-order valence-corrected chi connectivity index (χ2v) is 10.4. The Morgan fingerprint density at radius 2 is 1.80 bits per heavy atom. The van der Waals surface area contributed by atoms with Gasteiger partial charge in [0.1, 0.15) is 12.1 Å². The molecule has 3 atom stereocenters. The highest BCUT2D eigenvalue weighted by Gasteiger charge is 2.45.